The molecular weight excluding hydrogens is 383 g/mol. The summed E-state index contributed by atoms with van der Waals surface area (Å²) in [5, 5.41) is -0.374. The van der Waals surface area contributed by atoms with Crippen molar-refractivity contribution >= 4 is 27.5 Å². The number of nitrogens with zero attached hydrogens (tertiary/aromatic N) is 2. The SMILES string of the molecule is Cc1cccc(S(=O)(=O)NC(=O)c2ncn(CCC(F)(F)F)c2Cl)c1. The number of nitrogens with one attached hydrogen (secondary N) is 1. The van der Waals surface area contributed by atoms with Gasteiger partial charge in [0, 0.05) is 6.54 Å². The number of hydrogen-bond donors (Lipinski definition) is 1. The van der Waals surface area contributed by atoms with E-state index in [1.54, 1.807) is 17.7 Å². The second kappa shape index (κ2) is 7.04. The first-order valence-corrected chi connectivity index (χ1v) is 8.77. The van der Waals surface area contributed by atoms with E-state index < -0.39 is 40.8 Å². The van der Waals surface area contributed by atoms with Crippen LogP contribution in [0.2, 0.25) is 5.15 Å². The fraction of sp³-hybridized carbons (Fsp3) is 0.286. The molecule has 1 heterocycles. The smallest absolute Gasteiger partial charge is 0.321 e. The zero-order valence-electron chi connectivity index (χ0n) is 12.8. The third-order valence-corrected chi connectivity index (χ3v) is 4.88. The molecule has 1 N–H and O–H groups in total. The highest BCUT2D eigenvalue weighted by molar-refractivity contribution is 7.90. The van der Waals surface area contributed by atoms with Gasteiger partial charge in [-0.1, -0.05) is 23.7 Å². The van der Waals surface area contributed by atoms with E-state index in [4.69, 9.17) is 11.6 Å². The van der Waals surface area contributed by atoms with Gasteiger partial charge in [-0.15, -0.1) is 0 Å². The maximum Gasteiger partial charge on any atom is 0.390 e. The monoisotopic (exact) mass is 395 g/mol. The molecule has 2 aromatic rings. The van der Waals surface area contributed by atoms with E-state index in [9.17, 15) is 26.4 Å². The summed E-state index contributed by atoms with van der Waals surface area (Å²) in [6.45, 7) is 1.15. The Morgan fingerprint density at radius 1 is 1.36 bits per heavy atom. The molecule has 0 unspecified atom stereocenters. The van der Waals surface area contributed by atoms with Gasteiger partial charge in [0.1, 0.15) is 5.15 Å². The highest BCUT2D eigenvalue weighted by atomic mass is 35.5. The fourth-order valence-electron chi connectivity index (χ4n) is 1.93. The normalized spacial score (nSPS) is 12.2. The largest absolute Gasteiger partial charge is 0.390 e. The molecule has 0 spiro atoms. The molecule has 0 aliphatic heterocycles. The summed E-state index contributed by atoms with van der Waals surface area (Å²) in [6, 6.07) is 5.85. The van der Waals surface area contributed by atoms with Gasteiger partial charge >= 0.3 is 6.18 Å². The molecule has 11 heteroatoms. The average molecular weight is 396 g/mol. The second-order valence-corrected chi connectivity index (χ2v) is 7.23. The van der Waals surface area contributed by atoms with Crippen molar-refractivity contribution in [2.24, 2.45) is 0 Å². The van der Waals surface area contributed by atoms with Gasteiger partial charge in [0.2, 0.25) is 0 Å². The lowest BCUT2D eigenvalue weighted by Crippen LogP contribution is -2.31. The molecule has 0 saturated heterocycles. The van der Waals surface area contributed by atoms with Crippen LogP contribution in [-0.4, -0.2) is 30.1 Å². The molecule has 0 atom stereocenters. The summed E-state index contributed by atoms with van der Waals surface area (Å²) in [6.07, 6.45) is -4.61. The van der Waals surface area contributed by atoms with Crippen molar-refractivity contribution in [3.63, 3.8) is 0 Å². The van der Waals surface area contributed by atoms with Crippen LogP contribution in [0.25, 0.3) is 0 Å². The molecule has 136 valence electrons. The Kier molecular flexibility index (Phi) is 5.43. The summed E-state index contributed by atoms with van der Waals surface area (Å²) in [5.74, 6) is -1.13. The van der Waals surface area contributed by atoms with E-state index in [0.717, 1.165) is 10.9 Å². The summed E-state index contributed by atoms with van der Waals surface area (Å²) in [4.78, 5) is 15.5. The first kappa shape index (κ1) is 19.3. The van der Waals surface area contributed by atoms with E-state index in [1.165, 1.54) is 18.2 Å². The fourth-order valence-corrected chi connectivity index (χ4v) is 3.25. The van der Waals surface area contributed by atoms with E-state index in [2.05, 4.69) is 4.98 Å². The molecule has 1 aromatic heterocycles. The van der Waals surface area contributed by atoms with Crippen molar-refractivity contribution in [3.05, 3.63) is 47.0 Å². The van der Waals surface area contributed by atoms with Crippen molar-refractivity contribution in [1.29, 1.82) is 0 Å². The van der Waals surface area contributed by atoms with Gasteiger partial charge in [0.05, 0.1) is 17.6 Å². The Bertz CT molecular complexity index is 894. The zero-order valence-corrected chi connectivity index (χ0v) is 14.4. The van der Waals surface area contributed by atoms with E-state index in [0.29, 0.717) is 5.56 Å². The zero-order chi connectivity index (χ0) is 18.8. The van der Waals surface area contributed by atoms with Gasteiger partial charge in [-0.2, -0.15) is 13.2 Å². The molecule has 2 rings (SSSR count). The van der Waals surface area contributed by atoms with Crippen LogP contribution in [0.3, 0.4) is 0 Å². The predicted octanol–water partition coefficient (Wildman–Crippen LogP) is 2.92. The third kappa shape index (κ3) is 4.95. The molecule has 25 heavy (non-hydrogen) atoms. The Morgan fingerprint density at radius 3 is 2.64 bits per heavy atom. The number of halogens is 4. The average Bonchev–Trinajstić information content (AvgIpc) is 2.85. The molecule has 0 fully saturated rings. The number of benzene rings is 1. The molecule has 0 aliphatic carbocycles. The third-order valence-electron chi connectivity index (χ3n) is 3.15. The Labute approximate surface area is 146 Å². The number of aryl methyl sites for hydroxylation is 2. The number of alkyl halides is 3. The van der Waals surface area contributed by atoms with Crippen LogP contribution in [0.4, 0.5) is 13.2 Å². The number of carbonyl (C=O) groups is 1. The predicted molar refractivity (Wildman–Crippen MR) is 83.7 cm³/mol. The number of carbonyl (C=O) groups excluding carboxylic acids is 1. The van der Waals surface area contributed by atoms with E-state index in [1.807, 2.05) is 0 Å². The molecule has 0 bridgehead atoms. The molecule has 0 saturated carbocycles. The lowest BCUT2D eigenvalue weighted by molar-refractivity contribution is -0.136. The van der Waals surface area contributed by atoms with Gasteiger partial charge in [0.25, 0.3) is 15.9 Å². The standard InChI is InChI=1S/C14H13ClF3N3O3S/c1-9-3-2-4-10(7-9)25(23,24)20-13(22)11-12(15)21(8-19-11)6-5-14(16,17)18/h2-4,7-8H,5-6H2,1H3,(H,20,22). The minimum atomic E-state index is -4.40. The number of rotatable bonds is 5. The maximum absolute atomic E-state index is 12.2. The first-order valence-electron chi connectivity index (χ1n) is 6.91. The highest BCUT2D eigenvalue weighted by Gasteiger charge is 2.28. The Morgan fingerprint density at radius 2 is 2.04 bits per heavy atom. The lowest BCUT2D eigenvalue weighted by Gasteiger charge is -2.08. The van der Waals surface area contributed by atoms with Gasteiger partial charge in [-0.05, 0) is 24.6 Å². The van der Waals surface area contributed by atoms with Crippen LogP contribution in [0.5, 0.6) is 0 Å². The van der Waals surface area contributed by atoms with E-state index >= 15 is 0 Å². The number of amides is 1. The lowest BCUT2D eigenvalue weighted by atomic mass is 10.2. The summed E-state index contributed by atoms with van der Waals surface area (Å²) in [7, 11) is -4.16. The quantitative estimate of drug-likeness (QED) is 0.844. The van der Waals surface area contributed by atoms with Gasteiger partial charge in [-0.25, -0.2) is 18.1 Å². The summed E-state index contributed by atoms with van der Waals surface area (Å²) in [5.41, 5.74) is 0.199. The number of imidazole rings is 1. The van der Waals surface area contributed by atoms with Crippen molar-refractivity contribution in [1.82, 2.24) is 14.3 Å². The van der Waals surface area contributed by atoms with Gasteiger partial charge in [-0.3, -0.25) is 4.79 Å². The topological polar surface area (TPSA) is 81.1 Å². The van der Waals surface area contributed by atoms with Crippen LogP contribution in [0.1, 0.15) is 22.5 Å². The number of hydrogen-bond acceptors (Lipinski definition) is 4. The highest BCUT2D eigenvalue weighted by Crippen LogP contribution is 2.23. The van der Waals surface area contributed by atoms with Crippen LogP contribution in [-0.2, 0) is 16.6 Å². The van der Waals surface area contributed by atoms with Crippen molar-refractivity contribution in [2.45, 2.75) is 31.0 Å². The number of sulfonamides is 1. The van der Waals surface area contributed by atoms with Crippen LogP contribution in [0, 0.1) is 6.92 Å². The molecule has 1 amide bonds. The van der Waals surface area contributed by atoms with Crippen molar-refractivity contribution < 1.29 is 26.4 Å². The minimum Gasteiger partial charge on any atom is -0.321 e. The van der Waals surface area contributed by atoms with Gasteiger partial charge in [0.15, 0.2) is 5.69 Å². The molecule has 0 radical (unpaired) electrons. The Hall–Kier alpha value is -2.07. The van der Waals surface area contributed by atoms with E-state index in [-0.39, 0.29) is 10.0 Å². The second-order valence-electron chi connectivity index (χ2n) is 5.19. The summed E-state index contributed by atoms with van der Waals surface area (Å²) >= 11 is 5.83. The molecular formula is C14H13ClF3N3O3S. The van der Waals surface area contributed by atoms with Crippen molar-refractivity contribution in [2.75, 3.05) is 0 Å². The summed E-state index contributed by atoms with van der Waals surface area (Å²) < 4.78 is 63.8. The molecule has 1 aromatic carbocycles. The first-order chi connectivity index (χ1) is 11.5. The maximum atomic E-state index is 12.2. The minimum absolute atomic E-state index is 0.131. The van der Waals surface area contributed by atoms with Crippen LogP contribution >= 0.6 is 11.6 Å². The molecule has 0 aliphatic rings. The van der Waals surface area contributed by atoms with Crippen LogP contribution in [0.15, 0.2) is 35.5 Å². The van der Waals surface area contributed by atoms with Crippen molar-refractivity contribution in [3.8, 4) is 0 Å². The number of aromatic nitrogens is 2. The molecule has 6 nitrogen and oxygen atoms in total. The van der Waals surface area contributed by atoms with Crippen LogP contribution < -0.4 is 4.72 Å². The Balaban J connectivity index is 2.17. The van der Waals surface area contributed by atoms with Gasteiger partial charge < -0.3 is 4.57 Å².